The fraction of sp³-hybridized carbons (Fsp3) is 0.729. The number of esters is 1. The first kappa shape index (κ1) is 40.6. The predicted octanol–water partition coefficient (Wildman–Crippen LogP) is 11.6. The lowest BCUT2D eigenvalue weighted by Crippen LogP contribution is -2.65. The molecule has 0 aliphatic heterocycles. The average molecular weight is 775 g/mol. The minimum atomic E-state index is -1.15. The molecule has 302 valence electrons. The number of amides is 1. The van der Waals surface area contributed by atoms with Crippen LogP contribution >= 0.6 is 11.6 Å². The molecule has 6 aliphatic rings. The van der Waals surface area contributed by atoms with E-state index in [2.05, 4.69) is 65.9 Å². The number of benzene rings is 1. The number of carboxylic acid groups (broad SMARTS) is 1. The molecule has 7 rings (SSSR count). The van der Waals surface area contributed by atoms with Crippen molar-refractivity contribution in [2.45, 2.75) is 164 Å². The summed E-state index contributed by atoms with van der Waals surface area (Å²) in [5.41, 5.74) is 3.99. The number of hydrogen-bond acceptors (Lipinski definition) is 4. The van der Waals surface area contributed by atoms with Gasteiger partial charge in [-0.25, -0.2) is 0 Å². The standard InChI is InChI=1S/C48H68ClNO5/c1-29(2)33-16-21-47(27-30(3)40(52)50-48(24-25-48)31-12-11-13-32(49)26-31)23-22-45(9)34(39(33)47)14-15-36-44(8)19-18-37(55-38(51)28-42(4,5)41(53)54)43(6,7)35(44)17-20-46(36,45)10/h11-13,26-27,29,34-37H,14-25,28H2,1-10H3,(H,50,52)(H,53,54). The Bertz CT molecular complexity index is 1820. The van der Waals surface area contributed by atoms with Crippen molar-refractivity contribution in [2.75, 3.05) is 0 Å². The van der Waals surface area contributed by atoms with Gasteiger partial charge in [0.25, 0.3) is 0 Å². The molecule has 1 amide bonds. The number of ether oxygens (including phenoxy) is 1. The minimum absolute atomic E-state index is 0.0499. The monoisotopic (exact) mass is 773 g/mol. The van der Waals surface area contributed by atoms with Crippen molar-refractivity contribution in [3.05, 3.63) is 57.6 Å². The maximum Gasteiger partial charge on any atom is 0.309 e. The van der Waals surface area contributed by atoms with Crippen LogP contribution < -0.4 is 5.32 Å². The second-order valence-corrected chi connectivity index (χ2v) is 21.9. The first-order valence-electron chi connectivity index (χ1n) is 21.5. The highest BCUT2D eigenvalue weighted by Gasteiger charge is 2.69. The summed E-state index contributed by atoms with van der Waals surface area (Å²) in [6, 6.07) is 7.96. The van der Waals surface area contributed by atoms with Crippen molar-refractivity contribution < 1.29 is 24.2 Å². The molecule has 0 radical (unpaired) electrons. The number of allylic oxidation sites excluding steroid dienone is 3. The summed E-state index contributed by atoms with van der Waals surface area (Å²) in [6.45, 7) is 22.5. The van der Waals surface area contributed by atoms with E-state index in [4.69, 9.17) is 16.3 Å². The van der Waals surface area contributed by atoms with E-state index in [0.717, 1.165) is 62.5 Å². The van der Waals surface area contributed by atoms with Gasteiger partial charge in [0.05, 0.1) is 17.4 Å². The van der Waals surface area contributed by atoms with Crippen LogP contribution in [0.2, 0.25) is 5.02 Å². The molecular formula is C48H68ClNO5. The van der Waals surface area contributed by atoms with Gasteiger partial charge in [-0.05, 0) is 155 Å². The second kappa shape index (κ2) is 13.5. The summed E-state index contributed by atoms with van der Waals surface area (Å²) >= 11 is 6.37. The van der Waals surface area contributed by atoms with Crippen LogP contribution in [0.4, 0.5) is 0 Å². The van der Waals surface area contributed by atoms with E-state index in [1.54, 1.807) is 25.0 Å². The molecule has 0 heterocycles. The Kier molecular flexibility index (Phi) is 9.95. The fourth-order valence-corrected chi connectivity index (χ4v) is 14.1. The van der Waals surface area contributed by atoms with E-state index >= 15 is 0 Å². The molecule has 0 spiro atoms. The van der Waals surface area contributed by atoms with E-state index in [9.17, 15) is 19.5 Å². The number of halogens is 1. The second-order valence-electron chi connectivity index (χ2n) is 21.4. The Hall–Kier alpha value is -2.60. The Morgan fingerprint density at radius 3 is 2.27 bits per heavy atom. The molecule has 8 atom stereocenters. The van der Waals surface area contributed by atoms with Gasteiger partial charge in [0.1, 0.15) is 6.10 Å². The van der Waals surface area contributed by atoms with Crippen LogP contribution in [-0.4, -0.2) is 29.1 Å². The molecule has 8 unspecified atom stereocenters. The Morgan fingerprint density at radius 1 is 0.927 bits per heavy atom. The fourth-order valence-electron chi connectivity index (χ4n) is 14.0. The number of aliphatic carboxylic acids is 1. The van der Waals surface area contributed by atoms with Gasteiger partial charge in [0.15, 0.2) is 0 Å². The Balaban J connectivity index is 1.14. The summed E-state index contributed by atoms with van der Waals surface area (Å²) in [4.78, 5) is 38.9. The van der Waals surface area contributed by atoms with Crippen LogP contribution in [0.1, 0.15) is 158 Å². The van der Waals surface area contributed by atoms with Crippen molar-refractivity contribution >= 4 is 29.4 Å². The molecular weight excluding hydrogens is 706 g/mol. The lowest BCUT2D eigenvalue weighted by Gasteiger charge is -2.72. The van der Waals surface area contributed by atoms with Gasteiger partial charge in [-0.3, -0.25) is 14.4 Å². The summed E-state index contributed by atoms with van der Waals surface area (Å²) in [7, 11) is 0. The van der Waals surface area contributed by atoms with Crippen LogP contribution in [0.3, 0.4) is 0 Å². The number of rotatable bonds is 9. The summed E-state index contributed by atoms with van der Waals surface area (Å²) in [6.07, 6.45) is 15.0. The van der Waals surface area contributed by atoms with Crippen molar-refractivity contribution in [3.63, 3.8) is 0 Å². The molecule has 1 aromatic carbocycles. The highest BCUT2D eigenvalue weighted by molar-refractivity contribution is 6.30. The van der Waals surface area contributed by atoms with E-state index in [0.29, 0.717) is 28.7 Å². The summed E-state index contributed by atoms with van der Waals surface area (Å²) < 4.78 is 6.20. The predicted molar refractivity (Wildman–Crippen MR) is 219 cm³/mol. The first-order valence-corrected chi connectivity index (χ1v) is 21.9. The van der Waals surface area contributed by atoms with Crippen molar-refractivity contribution in [1.82, 2.24) is 5.32 Å². The van der Waals surface area contributed by atoms with Crippen LogP contribution in [0.5, 0.6) is 0 Å². The van der Waals surface area contributed by atoms with Crippen LogP contribution in [-0.2, 0) is 24.7 Å². The minimum Gasteiger partial charge on any atom is -0.481 e. The largest absolute Gasteiger partial charge is 0.481 e. The number of carboxylic acids is 1. The number of nitrogens with one attached hydrogen (secondary N) is 1. The number of carbonyl (C=O) groups excluding carboxylic acids is 2. The zero-order valence-electron chi connectivity index (χ0n) is 35.4. The molecule has 6 aliphatic carbocycles. The zero-order chi connectivity index (χ0) is 40.1. The van der Waals surface area contributed by atoms with Gasteiger partial charge in [-0.15, -0.1) is 0 Å². The Morgan fingerprint density at radius 2 is 1.64 bits per heavy atom. The quantitative estimate of drug-likeness (QED) is 0.148. The maximum absolute atomic E-state index is 14.0. The third kappa shape index (κ3) is 6.36. The van der Waals surface area contributed by atoms with Crippen molar-refractivity contribution in [3.8, 4) is 0 Å². The molecule has 0 bridgehead atoms. The third-order valence-corrected chi connectivity index (χ3v) is 17.7. The molecule has 5 fully saturated rings. The maximum atomic E-state index is 14.0. The molecule has 6 nitrogen and oxygen atoms in total. The van der Waals surface area contributed by atoms with E-state index in [-0.39, 0.29) is 51.0 Å². The van der Waals surface area contributed by atoms with E-state index in [1.165, 1.54) is 25.7 Å². The zero-order valence-corrected chi connectivity index (χ0v) is 36.2. The SMILES string of the molecule is CC(=CC12CCC(C(C)C)=C1C1CCC3C4(C)CCC(OC(=O)CC(C)(C)C(=O)O)C(C)(C)C4CCC3(C)C1(C)CC2)C(=O)NC1(c2cccc(Cl)c2)CC1. The molecule has 5 saturated carbocycles. The van der Waals surface area contributed by atoms with Crippen molar-refractivity contribution in [1.29, 1.82) is 0 Å². The lowest BCUT2D eigenvalue weighted by molar-refractivity contribution is -0.232. The third-order valence-electron chi connectivity index (χ3n) is 17.4. The van der Waals surface area contributed by atoms with Crippen molar-refractivity contribution in [2.24, 2.45) is 56.2 Å². The Labute approximate surface area is 336 Å². The van der Waals surface area contributed by atoms with Gasteiger partial charge >= 0.3 is 11.9 Å². The van der Waals surface area contributed by atoms with Gasteiger partial charge in [-0.1, -0.05) is 89.4 Å². The molecule has 1 aromatic rings. The molecule has 55 heavy (non-hydrogen) atoms. The van der Waals surface area contributed by atoms with Gasteiger partial charge in [0.2, 0.25) is 5.91 Å². The summed E-state index contributed by atoms with van der Waals surface area (Å²) in [5.74, 6) is 0.656. The summed E-state index contributed by atoms with van der Waals surface area (Å²) in [5, 5.41) is 13.8. The van der Waals surface area contributed by atoms with Gasteiger partial charge < -0.3 is 15.2 Å². The molecule has 0 saturated heterocycles. The van der Waals surface area contributed by atoms with Gasteiger partial charge in [-0.2, -0.15) is 0 Å². The van der Waals surface area contributed by atoms with E-state index < -0.39 is 17.4 Å². The molecule has 7 heteroatoms. The molecule has 0 aromatic heterocycles. The smallest absolute Gasteiger partial charge is 0.309 e. The van der Waals surface area contributed by atoms with E-state index in [1.807, 2.05) is 25.1 Å². The lowest BCUT2D eigenvalue weighted by atomic mass is 9.33. The number of fused-ring (bicyclic) bond motifs is 7. The van der Waals surface area contributed by atoms with Crippen LogP contribution in [0.15, 0.2) is 47.1 Å². The highest BCUT2D eigenvalue weighted by Crippen LogP contribution is 2.77. The van der Waals surface area contributed by atoms with Crippen LogP contribution in [0.25, 0.3) is 0 Å². The topological polar surface area (TPSA) is 92.7 Å². The van der Waals surface area contributed by atoms with Gasteiger partial charge in [0, 0.05) is 21.4 Å². The number of carbonyl (C=O) groups is 3. The number of hydrogen-bond donors (Lipinski definition) is 2. The first-order chi connectivity index (χ1) is 25.6. The molecule has 2 N–H and O–H groups in total. The average Bonchev–Trinajstić information content (AvgIpc) is 3.77. The highest BCUT2D eigenvalue weighted by atomic mass is 35.5. The normalized spacial score (nSPS) is 37.6. The van der Waals surface area contributed by atoms with Crippen LogP contribution in [0, 0.1) is 56.2 Å².